The van der Waals surface area contributed by atoms with Crippen LogP contribution in [-0.4, -0.2) is 15.3 Å². The van der Waals surface area contributed by atoms with Gasteiger partial charge in [0.05, 0.1) is 22.2 Å². The molecule has 2 aromatic carbocycles. The Labute approximate surface area is 154 Å². The highest BCUT2D eigenvalue weighted by atomic mass is 35.5. The van der Waals surface area contributed by atoms with Gasteiger partial charge in [-0.1, -0.05) is 29.8 Å². The molecule has 0 saturated carbocycles. The summed E-state index contributed by atoms with van der Waals surface area (Å²) in [6.45, 7) is 1.75. The van der Waals surface area contributed by atoms with Crippen LogP contribution in [0.2, 0.25) is 5.02 Å². The van der Waals surface area contributed by atoms with E-state index in [0.29, 0.717) is 33.0 Å². The normalized spacial score (nSPS) is 10.8. The molecule has 5 nitrogen and oxygen atoms in total. The van der Waals surface area contributed by atoms with E-state index in [0.717, 1.165) is 11.0 Å². The van der Waals surface area contributed by atoms with E-state index < -0.39 is 0 Å². The number of pyridine rings is 1. The first-order chi connectivity index (χ1) is 12.6. The van der Waals surface area contributed by atoms with E-state index in [2.05, 4.69) is 16.4 Å². The quantitative estimate of drug-likeness (QED) is 0.569. The minimum atomic E-state index is -0.305. The number of imidazole rings is 1. The average molecular weight is 361 g/mol. The second-order valence-electron chi connectivity index (χ2n) is 5.91. The van der Waals surface area contributed by atoms with E-state index in [4.69, 9.17) is 11.6 Å². The number of nitrogens with one attached hydrogen (secondary N) is 1. The predicted molar refractivity (Wildman–Crippen MR) is 102 cm³/mol. The number of carbonyl (C=O) groups excluding carboxylic acids is 1. The van der Waals surface area contributed by atoms with Crippen LogP contribution in [0.3, 0.4) is 0 Å². The van der Waals surface area contributed by atoms with Crippen LogP contribution in [0.15, 0.2) is 54.7 Å². The van der Waals surface area contributed by atoms with Gasteiger partial charge in [-0.2, -0.15) is 5.26 Å². The lowest BCUT2D eigenvalue weighted by Gasteiger charge is -2.11. The van der Waals surface area contributed by atoms with Crippen LogP contribution in [0, 0.1) is 18.3 Å². The van der Waals surface area contributed by atoms with Gasteiger partial charge >= 0.3 is 0 Å². The first-order valence-electron chi connectivity index (χ1n) is 7.96. The highest BCUT2D eigenvalue weighted by molar-refractivity contribution is 6.31. The number of rotatable bonds is 2. The number of halogens is 1. The Hall–Kier alpha value is -3.36. The zero-order valence-corrected chi connectivity index (χ0v) is 14.6. The van der Waals surface area contributed by atoms with Gasteiger partial charge in [0.1, 0.15) is 6.07 Å². The maximum Gasteiger partial charge on any atom is 0.257 e. The third-order valence-corrected chi connectivity index (χ3v) is 4.53. The third-order valence-electron chi connectivity index (χ3n) is 4.30. The molecule has 0 bridgehead atoms. The SMILES string of the molecule is Cc1c(C(=O)Nc2cccc(Cl)c2)cn2c(nc3ccccc32)c1C#N. The molecule has 1 amide bonds. The Morgan fingerprint density at radius 3 is 2.81 bits per heavy atom. The van der Waals surface area contributed by atoms with Gasteiger partial charge in [0.2, 0.25) is 0 Å². The van der Waals surface area contributed by atoms with E-state index >= 15 is 0 Å². The second kappa shape index (κ2) is 6.17. The molecular formula is C20H13ClN4O. The molecule has 0 fully saturated rings. The Balaban J connectivity index is 1.89. The van der Waals surface area contributed by atoms with Crippen LogP contribution in [0.25, 0.3) is 16.7 Å². The fraction of sp³-hybridized carbons (Fsp3) is 0.0500. The fourth-order valence-electron chi connectivity index (χ4n) is 3.01. The number of carbonyl (C=O) groups is 1. The lowest BCUT2D eigenvalue weighted by atomic mass is 10.1. The highest BCUT2D eigenvalue weighted by Crippen LogP contribution is 2.25. The van der Waals surface area contributed by atoms with Crippen molar-refractivity contribution in [2.75, 3.05) is 5.32 Å². The van der Waals surface area contributed by atoms with Gasteiger partial charge in [0.15, 0.2) is 5.65 Å². The lowest BCUT2D eigenvalue weighted by Crippen LogP contribution is -2.15. The Bertz CT molecular complexity index is 1220. The van der Waals surface area contributed by atoms with Crippen molar-refractivity contribution < 1.29 is 4.79 Å². The first kappa shape index (κ1) is 16.1. The predicted octanol–water partition coefficient (Wildman–Crippen LogP) is 4.57. The largest absolute Gasteiger partial charge is 0.322 e. The van der Waals surface area contributed by atoms with Crippen LogP contribution in [0.1, 0.15) is 21.5 Å². The average Bonchev–Trinajstić information content (AvgIpc) is 2.99. The lowest BCUT2D eigenvalue weighted by molar-refractivity contribution is 0.102. The monoisotopic (exact) mass is 360 g/mol. The summed E-state index contributed by atoms with van der Waals surface area (Å²) >= 11 is 5.98. The fourth-order valence-corrected chi connectivity index (χ4v) is 3.20. The molecule has 0 aliphatic carbocycles. The van der Waals surface area contributed by atoms with Crippen LogP contribution >= 0.6 is 11.6 Å². The summed E-state index contributed by atoms with van der Waals surface area (Å²) in [5.41, 5.74) is 4.15. The van der Waals surface area contributed by atoms with Crippen molar-refractivity contribution in [3.63, 3.8) is 0 Å². The van der Waals surface area contributed by atoms with E-state index in [1.165, 1.54) is 0 Å². The zero-order chi connectivity index (χ0) is 18.3. The second-order valence-corrected chi connectivity index (χ2v) is 6.35. The minimum absolute atomic E-state index is 0.305. The summed E-state index contributed by atoms with van der Waals surface area (Å²) in [4.78, 5) is 17.4. The number of aromatic nitrogens is 2. The highest BCUT2D eigenvalue weighted by Gasteiger charge is 2.19. The number of hydrogen-bond donors (Lipinski definition) is 1. The van der Waals surface area contributed by atoms with Gasteiger partial charge in [-0.15, -0.1) is 0 Å². The van der Waals surface area contributed by atoms with Crippen LogP contribution in [0.4, 0.5) is 5.69 Å². The van der Waals surface area contributed by atoms with Crippen LogP contribution in [0.5, 0.6) is 0 Å². The first-order valence-corrected chi connectivity index (χ1v) is 8.33. The molecule has 0 spiro atoms. The summed E-state index contributed by atoms with van der Waals surface area (Å²) in [6, 6.07) is 16.7. The molecule has 1 N–H and O–H groups in total. The number of amides is 1. The molecule has 26 heavy (non-hydrogen) atoms. The van der Waals surface area contributed by atoms with E-state index in [1.807, 2.05) is 24.3 Å². The molecule has 0 radical (unpaired) electrons. The van der Waals surface area contributed by atoms with Crippen molar-refractivity contribution in [2.24, 2.45) is 0 Å². The molecule has 0 aliphatic rings. The van der Waals surface area contributed by atoms with Gasteiger partial charge < -0.3 is 5.32 Å². The topological polar surface area (TPSA) is 70.2 Å². The summed E-state index contributed by atoms with van der Waals surface area (Å²) in [6.07, 6.45) is 1.72. The number of nitrogens with zero attached hydrogens (tertiary/aromatic N) is 3. The molecule has 0 saturated heterocycles. The number of anilines is 1. The molecule has 126 valence electrons. The zero-order valence-electron chi connectivity index (χ0n) is 13.8. The summed E-state index contributed by atoms with van der Waals surface area (Å²) in [5, 5.41) is 13.0. The maximum absolute atomic E-state index is 12.8. The van der Waals surface area contributed by atoms with Crippen molar-refractivity contribution >= 4 is 39.9 Å². The Kier molecular flexibility index (Phi) is 3.83. The molecule has 2 aromatic heterocycles. The van der Waals surface area contributed by atoms with Gasteiger partial charge in [0.25, 0.3) is 5.91 Å². The molecule has 6 heteroatoms. The molecule has 4 aromatic rings. The molecule has 0 aliphatic heterocycles. The standard InChI is InChI=1S/C20H13ClN4O/c1-12-15(10-22)19-24-17-7-2-3-8-18(17)25(19)11-16(12)20(26)23-14-6-4-5-13(21)9-14/h2-9,11H,1H3,(H,23,26). The van der Waals surface area contributed by atoms with Crippen molar-refractivity contribution in [2.45, 2.75) is 6.92 Å². The van der Waals surface area contributed by atoms with Gasteiger partial charge in [-0.3, -0.25) is 9.20 Å². The van der Waals surface area contributed by atoms with Crippen molar-refractivity contribution in [1.82, 2.24) is 9.38 Å². The molecule has 0 unspecified atom stereocenters. The summed E-state index contributed by atoms with van der Waals surface area (Å²) in [7, 11) is 0. The third kappa shape index (κ3) is 2.57. The van der Waals surface area contributed by atoms with Crippen LogP contribution < -0.4 is 5.32 Å². The number of nitriles is 1. The number of benzene rings is 2. The van der Waals surface area contributed by atoms with E-state index in [9.17, 15) is 10.1 Å². The van der Waals surface area contributed by atoms with Crippen molar-refractivity contribution in [3.05, 3.63) is 76.4 Å². The van der Waals surface area contributed by atoms with Gasteiger partial charge in [-0.25, -0.2) is 4.98 Å². The summed E-state index contributed by atoms with van der Waals surface area (Å²) in [5.74, 6) is -0.305. The van der Waals surface area contributed by atoms with E-state index in [-0.39, 0.29) is 5.91 Å². The molecule has 2 heterocycles. The van der Waals surface area contributed by atoms with Crippen molar-refractivity contribution in [3.8, 4) is 6.07 Å². The molecule has 4 rings (SSSR count). The number of hydrogen-bond acceptors (Lipinski definition) is 3. The van der Waals surface area contributed by atoms with Crippen molar-refractivity contribution in [1.29, 1.82) is 5.26 Å². The summed E-state index contributed by atoms with van der Waals surface area (Å²) < 4.78 is 1.79. The minimum Gasteiger partial charge on any atom is -0.322 e. The Morgan fingerprint density at radius 1 is 1.23 bits per heavy atom. The molecule has 0 atom stereocenters. The van der Waals surface area contributed by atoms with Crippen LogP contribution in [-0.2, 0) is 0 Å². The van der Waals surface area contributed by atoms with E-state index in [1.54, 1.807) is 41.8 Å². The number of fused-ring (bicyclic) bond motifs is 3. The number of para-hydroxylation sites is 2. The smallest absolute Gasteiger partial charge is 0.257 e. The maximum atomic E-state index is 12.8. The Morgan fingerprint density at radius 2 is 2.04 bits per heavy atom. The molecular weight excluding hydrogens is 348 g/mol. The van der Waals surface area contributed by atoms with Gasteiger partial charge in [-0.05, 0) is 42.8 Å². The van der Waals surface area contributed by atoms with Gasteiger partial charge in [0, 0.05) is 16.9 Å².